The zero-order chi connectivity index (χ0) is 16.1. The first kappa shape index (κ1) is 16.0. The fourth-order valence-electron chi connectivity index (χ4n) is 2.53. The standard InChI is InChI=1S/C17H18ClN3O2/c18-14-9-5-4-8-13(14)15-10-16(20-19-15)17(22)21-23-11-12-6-2-1-3-7-12/h1-9,15-16,19-20H,10-11H2,(H,21,22). The van der Waals surface area contributed by atoms with Crippen molar-refractivity contribution in [1.29, 1.82) is 0 Å². The fraction of sp³-hybridized carbons (Fsp3) is 0.235. The van der Waals surface area contributed by atoms with Crippen LogP contribution in [0.5, 0.6) is 0 Å². The molecule has 120 valence electrons. The first-order valence-electron chi connectivity index (χ1n) is 7.45. The molecule has 6 heteroatoms. The van der Waals surface area contributed by atoms with Gasteiger partial charge in [0.15, 0.2) is 0 Å². The number of hydrazine groups is 1. The van der Waals surface area contributed by atoms with Crippen molar-refractivity contribution in [2.75, 3.05) is 0 Å². The molecular weight excluding hydrogens is 314 g/mol. The van der Waals surface area contributed by atoms with Gasteiger partial charge in [-0.05, 0) is 23.6 Å². The Hall–Kier alpha value is -1.92. The van der Waals surface area contributed by atoms with Crippen LogP contribution in [0.25, 0.3) is 0 Å². The van der Waals surface area contributed by atoms with Gasteiger partial charge in [0.1, 0.15) is 6.04 Å². The van der Waals surface area contributed by atoms with Crippen LogP contribution in [-0.2, 0) is 16.2 Å². The lowest BCUT2D eigenvalue weighted by Gasteiger charge is -2.11. The molecule has 5 nitrogen and oxygen atoms in total. The third kappa shape index (κ3) is 4.09. The van der Waals surface area contributed by atoms with Crippen molar-refractivity contribution in [3.05, 3.63) is 70.7 Å². The molecule has 2 unspecified atom stereocenters. The highest BCUT2D eigenvalue weighted by atomic mass is 35.5. The molecule has 0 aliphatic carbocycles. The van der Waals surface area contributed by atoms with Crippen molar-refractivity contribution in [2.24, 2.45) is 0 Å². The van der Waals surface area contributed by atoms with E-state index in [4.69, 9.17) is 16.4 Å². The number of hydrogen-bond acceptors (Lipinski definition) is 4. The molecule has 0 bridgehead atoms. The zero-order valence-electron chi connectivity index (χ0n) is 12.5. The molecule has 3 rings (SSSR count). The normalized spacial score (nSPS) is 20.4. The number of halogens is 1. The Morgan fingerprint density at radius 3 is 2.65 bits per heavy atom. The molecule has 2 atom stereocenters. The Morgan fingerprint density at radius 2 is 1.87 bits per heavy atom. The zero-order valence-corrected chi connectivity index (χ0v) is 13.2. The predicted molar refractivity (Wildman–Crippen MR) is 88.2 cm³/mol. The molecule has 1 fully saturated rings. The van der Waals surface area contributed by atoms with Gasteiger partial charge in [0.25, 0.3) is 5.91 Å². The predicted octanol–water partition coefficient (Wildman–Crippen LogP) is 2.50. The summed E-state index contributed by atoms with van der Waals surface area (Å²) in [6.07, 6.45) is 0.601. The number of hydrogen-bond donors (Lipinski definition) is 3. The van der Waals surface area contributed by atoms with Gasteiger partial charge < -0.3 is 0 Å². The highest BCUT2D eigenvalue weighted by molar-refractivity contribution is 6.31. The van der Waals surface area contributed by atoms with Crippen LogP contribution in [0.4, 0.5) is 0 Å². The monoisotopic (exact) mass is 331 g/mol. The van der Waals surface area contributed by atoms with E-state index in [1.165, 1.54) is 0 Å². The molecule has 1 aliphatic rings. The Balaban J connectivity index is 1.49. The van der Waals surface area contributed by atoms with E-state index >= 15 is 0 Å². The summed E-state index contributed by atoms with van der Waals surface area (Å²) in [4.78, 5) is 17.4. The third-order valence-electron chi connectivity index (χ3n) is 3.75. The molecular formula is C17H18ClN3O2. The molecule has 0 saturated carbocycles. The summed E-state index contributed by atoms with van der Waals surface area (Å²) in [6, 6.07) is 16.9. The maximum atomic E-state index is 12.1. The van der Waals surface area contributed by atoms with E-state index in [-0.39, 0.29) is 18.0 Å². The summed E-state index contributed by atoms with van der Waals surface area (Å²) < 4.78 is 0. The molecule has 1 aliphatic heterocycles. The number of rotatable bonds is 5. The quantitative estimate of drug-likeness (QED) is 0.737. The number of amides is 1. The van der Waals surface area contributed by atoms with Gasteiger partial charge in [0.2, 0.25) is 0 Å². The van der Waals surface area contributed by atoms with Crippen LogP contribution in [0.3, 0.4) is 0 Å². The molecule has 1 heterocycles. The highest BCUT2D eigenvalue weighted by Crippen LogP contribution is 2.28. The third-order valence-corrected chi connectivity index (χ3v) is 4.10. The second-order valence-electron chi connectivity index (χ2n) is 5.39. The molecule has 23 heavy (non-hydrogen) atoms. The van der Waals surface area contributed by atoms with Crippen LogP contribution >= 0.6 is 11.6 Å². The highest BCUT2D eigenvalue weighted by Gasteiger charge is 2.31. The van der Waals surface area contributed by atoms with Crippen LogP contribution in [0.2, 0.25) is 5.02 Å². The topological polar surface area (TPSA) is 62.4 Å². The largest absolute Gasteiger partial charge is 0.271 e. The number of carbonyl (C=O) groups is 1. The Morgan fingerprint density at radius 1 is 1.13 bits per heavy atom. The molecule has 0 aromatic heterocycles. The van der Waals surface area contributed by atoms with Crippen LogP contribution in [0.1, 0.15) is 23.6 Å². The van der Waals surface area contributed by atoms with Gasteiger partial charge in [-0.3, -0.25) is 9.63 Å². The van der Waals surface area contributed by atoms with Crippen LogP contribution in [-0.4, -0.2) is 11.9 Å². The van der Waals surface area contributed by atoms with Gasteiger partial charge in [-0.15, -0.1) is 0 Å². The van der Waals surface area contributed by atoms with Crippen molar-refractivity contribution in [3.8, 4) is 0 Å². The first-order valence-corrected chi connectivity index (χ1v) is 7.83. The summed E-state index contributed by atoms with van der Waals surface area (Å²) in [5.74, 6) is -0.206. The molecule has 0 radical (unpaired) electrons. The summed E-state index contributed by atoms with van der Waals surface area (Å²) in [7, 11) is 0. The van der Waals surface area contributed by atoms with Crippen molar-refractivity contribution in [1.82, 2.24) is 16.3 Å². The number of carbonyl (C=O) groups excluding carboxylic acids is 1. The van der Waals surface area contributed by atoms with E-state index in [1.54, 1.807) is 0 Å². The minimum absolute atomic E-state index is 0.00595. The smallest absolute Gasteiger partial charge is 0.262 e. The van der Waals surface area contributed by atoms with Crippen LogP contribution in [0, 0.1) is 0 Å². The first-order chi connectivity index (χ1) is 11.2. The van der Waals surface area contributed by atoms with Crippen molar-refractivity contribution >= 4 is 17.5 Å². The minimum Gasteiger partial charge on any atom is -0.271 e. The van der Waals surface area contributed by atoms with Gasteiger partial charge >= 0.3 is 0 Å². The van der Waals surface area contributed by atoms with E-state index < -0.39 is 0 Å². The summed E-state index contributed by atoms with van der Waals surface area (Å²) in [6.45, 7) is 0.334. The second kappa shape index (κ2) is 7.57. The summed E-state index contributed by atoms with van der Waals surface area (Å²) >= 11 is 6.19. The lowest BCUT2D eigenvalue weighted by Crippen LogP contribution is -2.43. The minimum atomic E-state index is -0.368. The van der Waals surface area contributed by atoms with Gasteiger partial charge in [-0.1, -0.05) is 60.1 Å². The van der Waals surface area contributed by atoms with Crippen molar-refractivity contribution in [3.63, 3.8) is 0 Å². The number of benzene rings is 2. The van der Waals surface area contributed by atoms with Crippen molar-refractivity contribution in [2.45, 2.75) is 25.1 Å². The van der Waals surface area contributed by atoms with Crippen molar-refractivity contribution < 1.29 is 9.63 Å². The summed E-state index contributed by atoms with van der Waals surface area (Å²) in [5, 5.41) is 0.688. The lowest BCUT2D eigenvalue weighted by atomic mass is 10.0. The van der Waals surface area contributed by atoms with E-state index in [0.717, 1.165) is 11.1 Å². The van der Waals surface area contributed by atoms with E-state index in [2.05, 4.69) is 16.3 Å². The van der Waals surface area contributed by atoms with E-state index in [1.807, 2.05) is 54.6 Å². The maximum absolute atomic E-state index is 12.1. The average molecular weight is 332 g/mol. The van der Waals surface area contributed by atoms with Crippen LogP contribution < -0.4 is 16.3 Å². The number of hydroxylamine groups is 1. The van der Waals surface area contributed by atoms with Crippen LogP contribution in [0.15, 0.2) is 54.6 Å². The average Bonchev–Trinajstić information content (AvgIpc) is 3.06. The maximum Gasteiger partial charge on any atom is 0.262 e. The Kier molecular flexibility index (Phi) is 5.25. The number of nitrogens with one attached hydrogen (secondary N) is 3. The summed E-state index contributed by atoms with van der Waals surface area (Å²) in [5.41, 5.74) is 10.5. The van der Waals surface area contributed by atoms with Gasteiger partial charge in [-0.25, -0.2) is 16.3 Å². The molecule has 2 aromatic carbocycles. The van der Waals surface area contributed by atoms with Gasteiger partial charge in [-0.2, -0.15) is 0 Å². The molecule has 2 aromatic rings. The second-order valence-corrected chi connectivity index (χ2v) is 5.80. The molecule has 3 N–H and O–H groups in total. The van der Waals surface area contributed by atoms with E-state index in [9.17, 15) is 4.79 Å². The SMILES string of the molecule is O=C(NOCc1ccccc1)C1CC(c2ccccc2Cl)NN1. The Bertz CT molecular complexity index is 666. The molecule has 1 amide bonds. The molecule has 0 spiro atoms. The van der Waals surface area contributed by atoms with Gasteiger partial charge in [0.05, 0.1) is 6.61 Å². The molecule has 1 saturated heterocycles. The Labute approximate surface area is 139 Å². The lowest BCUT2D eigenvalue weighted by molar-refractivity contribution is -0.136. The van der Waals surface area contributed by atoms with Gasteiger partial charge in [0, 0.05) is 11.1 Å². The fourth-order valence-corrected chi connectivity index (χ4v) is 2.79. The van der Waals surface area contributed by atoms with E-state index in [0.29, 0.717) is 18.1 Å².